The maximum atomic E-state index is 9.21. The van der Waals surface area contributed by atoms with Crippen LogP contribution in [0.1, 0.15) is 11.3 Å². The molecule has 0 aliphatic heterocycles. The van der Waals surface area contributed by atoms with Crippen LogP contribution in [-0.4, -0.2) is 4.57 Å². The smallest absolute Gasteiger partial charge is 0.0999 e. The van der Waals surface area contributed by atoms with E-state index in [2.05, 4.69) is 6.07 Å². The second-order valence-corrected chi connectivity index (χ2v) is 4.10. The normalized spacial score (nSPS) is 11.2. The minimum absolute atomic E-state index is 0.567. The Balaban J connectivity index is 2.49. The highest BCUT2D eigenvalue weighted by atomic mass is 35.5. The Kier molecular flexibility index (Phi) is 3.32. The highest BCUT2D eigenvalue weighted by Crippen LogP contribution is 2.24. The molecule has 1 heterocycles. The largest absolute Gasteiger partial charge is 0.351 e. The topological polar surface area (TPSA) is 28.7 Å². The maximum absolute atomic E-state index is 9.21. The SMILES string of the molecule is Cn1cccc1C=C(C#N)c1ccccc1Cl. The van der Waals surface area contributed by atoms with Gasteiger partial charge in [0, 0.05) is 29.5 Å². The summed E-state index contributed by atoms with van der Waals surface area (Å²) < 4.78 is 1.95. The molecule has 2 aromatic rings. The van der Waals surface area contributed by atoms with Gasteiger partial charge in [0.25, 0.3) is 0 Å². The van der Waals surface area contributed by atoms with Gasteiger partial charge in [0.2, 0.25) is 0 Å². The summed E-state index contributed by atoms with van der Waals surface area (Å²) in [5.41, 5.74) is 2.30. The molecule has 0 fully saturated rings. The summed E-state index contributed by atoms with van der Waals surface area (Å²) in [5, 5.41) is 9.80. The fraction of sp³-hybridized carbons (Fsp3) is 0.0714. The van der Waals surface area contributed by atoms with Gasteiger partial charge in [0.1, 0.15) is 0 Å². The van der Waals surface area contributed by atoms with Gasteiger partial charge in [-0.3, -0.25) is 0 Å². The van der Waals surface area contributed by atoms with Crippen molar-refractivity contribution >= 4 is 23.3 Å². The zero-order valence-corrected chi connectivity index (χ0v) is 10.1. The van der Waals surface area contributed by atoms with Gasteiger partial charge in [-0.25, -0.2) is 0 Å². The average molecular weight is 243 g/mol. The Hall–Kier alpha value is -1.98. The molecule has 0 saturated carbocycles. The molecule has 0 spiro atoms. The molecular weight excluding hydrogens is 232 g/mol. The molecule has 17 heavy (non-hydrogen) atoms. The van der Waals surface area contributed by atoms with Gasteiger partial charge in [0.15, 0.2) is 0 Å². The number of nitrogens with zero attached hydrogens (tertiary/aromatic N) is 2. The van der Waals surface area contributed by atoms with Crippen molar-refractivity contribution in [3.05, 3.63) is 58.9 Å². The van der Waals surface area contributed by atoms with Crippen LogP contribution in [0.5, 0.6) is 0 Å². The molecule has 0 aliphatic carbocycles. The van der Waals surface area contributed by atoms with Gasteiger partial charge in [-0.05, 0) is 24.3 Å². The standard InChI is InChI=1S/C14H11ClN2/c1-17-8-4-5-12(17)9-11(10-16)13-6-2-3-7-14(13)15/h2-9H,1H3. The van der Waals surface area contributed by atoms with Crippen molar-refractivity contribution in [3.63, 3.8) is 0 Å². The predicted octanol–water partition coefficient (Wildman–Crippen LogP) is 3.74. The number of aromatic nitrogens is 1. The third kappa shape index (κ3) is 2.41. The van der Waals surface area contributed by atoms with Crippen molar-refractivity contribution < 1.29 is 0 Å². The van der Waals surface area contributed by atoms with E-state index in [4.69, 9.17) is 11.6 Å². The van der Waals surface area contributed by atoms with Crippen molar-refractivity contribution in [1.29, 1.82) is 5.26 Å². The van der Waals surface area contributed by atoms with E-state index in [-0.39, 0.29) is 0 Å². The average Bonchev–Trinajstić information content (AvgIpc) is 2.73. The third-order valence-corrected chi connectivity index (χ3v) is 2.89. The fourth-order valence-corrected chi connectivity index (χ4v) is 1.86. The number of allylic oxidation sites excluding steroid dienone is 1. The van der Waals surface area contributed by atoms with E-state index >= 15 is 0 Å². The molecule has 0 atom stereocenters. The van der Waals surface area contributed by atoms with Crippen LogP contribution in [0.15, 0.2) is 42.6 Å². The number of hydrogen-bond acceptors (Lipinski definition) is 1. The summed E-state index contributed by atoms with van der Waals surface area (Å²) in [6.45, 7) is 0. The number of nitriles is 1. The summed E-state index contributed by atoms with van der Waals surface area (Å²) >= 11 is 6.08. The minimum Gasteiger partial charge on any atom is -0.351 e. The van der Waals surface area contributed by atoms with Crippen molar-refractivity contribution in [2.45, 2.75) is 0 Å². The Bertz CT molecular complexity index is 603. The number of aryl methyl sites for hydroxylation is 1. The van der Waals surface area contributed by atoms with E-state index in [1.54, 1.807) is 6.07 Å². The van der Waals surface area contributed by atoms with Crippen molar-refractivity contribution in [2.24, 2.45) is 7.05 Å². The van der Waals surface area contributed by atoms with Crippen LogP contribution in [0.3, 0.4) is 0 Å². The molecule has 0 unspecified atom stereocenters. The van der Waals surface area contributed by atoms with E-state index in [9.17, 15) is 5.26 Å². The van der Waals surface area contributed by atoms with Crippen LogP contribution < -0.4 is 0 Å². The van der Waals surface area contributed by atoms with Gasteiger partial charge < -0.3 is 4.57 Å². The second kappa shape index (κ2) is 4.90. The van der Waals surface area contributed by atoms with Gasteiger partial charge in [0.05, 0.1) is 11.6 Å². The maximum Gasteiger partial charge on any atom is 0.0999 e. The number of rotatable bonds is 2. The van der Waals surface area contributed by atoms with Crippen molar-refractivity contribution in [3.8, 4) is 6.07 Å². The van der Waals surface area contributed by atoms with Gasteiger partial charge in [-0.1, -0.05) is 29.8 Å². The van der Waals surface area contributed by atoms with E-state index in [0.717, 1.165) is 11.3 Å². The number of hydrogen-bond donors (Lipinski definition) is 0. The summed E-state index contributed by atoms with van der Waals surface area (Å²) in [7, 11) is 1.94. The predicted molar refractivity (Wildman–Crippen MR) is 70.3 cm³/mol. The highest BCUT2D eigenvalue weighted by molar-refractivity contribution is 6.32. The molecule has 84 valence electrons. The lowest BCUT2D eigenvalue weighted by Crippen LogP contribution is -1.89. The Morgan fingerprint density at radius 2 is 2.06 bits per heavy atom. The zero-order chi connectivity index (χ0) is 12.3. The zero-order valence-electron chi connectivity index (χ0n) is 9.39. The van der Waals surface area contributed by atoms with Crippen LogP contribution in [0.2, 0.25) is 5.02 Å². The monoisotopic (exact) mass is 242 g/mol. The first-order chi connectivity index (χ1) is 8.22. The first-order valence-electron chi connectivity index (χ1n) is 5.20. The van der Waals surface area contributed by atoms with E-state index in [1.807, 2.05) is 54.2 Å². The third-order valence-electron chi connectivity index (χ3n) is 2.56. The van der Waals surface area contributed by atoms with Gasteiger partial charge >= 0.3 is 0 Å². The molecule has 1 aromatic carbocycles. The molecule has 0 amide bonds. The first-order valence-corrected chi connectivity index (χ1v) is 5.58. The lowest BCUT2D eigenvalue weighted by molar-refractivity contribution is 0.915. The quantitative estimate of drug-likeness (QED) is 0.738. The number of benzene rings is 1. The van der Waals surface area contributed by atoms with Gasteiger partial charge in [-0.2, -0.15) is 5.26 Å². The molecule has 0 radical (unpaired) electrons. The van der Waals surface area contributed by atoms with Crippen LogP contribution in [0.25, 0.3) is 11.6 Å². The summed E-state index contributed by atoms with van der Waals surface area (Å²) in [4.78, 5) is 0. The van der Waals surface area contributed by atoms with E-state index in [0.29, 0.717) is 10.6 Å². The first kappa shape index (κ1) is 11.5. The molecule has 2 nitrogen and oxygen atoms in total. The molecule has 3 heteroatoms. The molecule has 0 bridgehead atoms. The van der Waals surface area contributed by atoms with Crippen LogP contribution in [0, 0.1) is 11.3 Å². The molecule has 0 N–H and O–H groups in total. The minimum atomic E-state index is 0.567. The van der Waals surface area contributed by atoms with Crippen molar-refractivity contribution in [1.82, 2.24) is 4.57 Å². The van der Waals surface area contributed by atoms with Crippen molar-refractivity contribution in [2.75, 3.05) is 0 Å². The Labute approximate surface area is 105 Å². The lowest BCUT2D eigenvalue weighted by atomic mass is 10.1. The van der Waals surface area contributed by atoms with E-state index in [1.165, 1.54) is 0 Å². The van der Waals surface area contributed by atoms with Crippen LogP contribution >= 0.6 is 11.6 Å². The van der Waals surface area contributed by atoms with Gasteiger partial charge in [-0.15, -0.1) is 0 Å². The molecule has 1 aromatic heterocycles. The Morgan fingerprint density at radius 3 is 2.65 bits per heavy atom. The summed E-state index contributed by atoms with van der Waals surface area (Å²) in [6.07, 6.45) is 3.77. The van der Waals surface area contributed by atoms with Crippen LogP contribution in [0.4, 0.5) is 0 Å². The molecule has 2 rings (SSSR count). The summed E-state index contributed by atoms with van der Waals surface area (Å²) in [5.74, 6) is 0. The fourth-order valence-electron chi connectivity index (χ4n) is 1.62. The molecular formula is C14H11ClN2. The second-order valence-electron chi connectivity index (χ2n) is 3.69. The number of halogens is 1. The molecule has 0 saturated heterocycles. The highest BCUT2D eigenvalue weighted by Gasteiger charge is 2.06. The lowest BCUT2D eigenvalue weighted by Gasteiger charge is -2.03. The Morgan fingerprint density at radius 1 is 1.29 bits per heavy atom. The van der Waals surface area contributed by atoms with Crippen LogP contribution in [-0.2, 0) is 7.05 Å². The molecule has 0 aliphatic rings. The summed E-state index contributed by atoms with van der Waals surface area (Å²) in [6, 6.07) is 13.4. The van der Waals surface area contributed by atoms with E-state index < -0.39 is 0 Å².